The fraction of sp³-hybridized carbons (Fsp3) is 0.269. The molecule has 0 saturated heterocycles. The van der Waals surface area contributed by atoms with Crippen molar-refractivity contribution < 1.29 is 8.78 Å². The minimum Gasteiger partial charge on any atom is -0.317 e. The lowest BCUT2D eigenvalue weighted by Crippen LogP contribution is -2.16. The second-order valence-electron chi connectivity index (χ2n) is 7.34. The van der Waals surface area contributed by atoms with Gasteiger partial charge in [0.1, 0.15) is 11.6 Å². The van der Waals surface area contributed by atoms with Gasteiger partial charge in [-0.05, 0) is 97.8 Å². The quantitative estimate of drug-likeness (QED) is 0.384. The summed E-state index contributed by atoms with van der Waals surface area (Å²) >= 11 is 0. The summed E-state index contributed by atoms with van der Waals surface area (Å²) in [4.78, 5) is 4.14. The average molecular weight is 407 g/mol. The molecule has 0 amide bonds. The minimum absolute atomic E-state index is 0.259. The van der Waals surface area contributed by atoms with E-state index < -0.39 is 0 Å². The summed E-state index contributed by atoms with van der Waals surface area (Å²) in [6.45, 7) is 1.95. The molecule has 30 heavy (non-hydrogen) atoms. The molecule has 3 aromatic rings. The number of aryl methyl sites for hydroxylation is 1. The number of hydrogen-bond donors (Lipinski definition) is 1. The molecule has 0 unspecified atom stereocenters. The minimum atomic E-state index is -0.259. The predicted octanol–water partition coefficient (Wildman–Crippen LogP) is 6.18. The monoisotopic (exact) mass is 406 g/mol. The summed E-state index contributed by atoms with van der Waals surface area (Å²) in [5.41, 5.74) is 4.17. The lowest BCUT2D eigenvalue weighted by atomic mass is 9.96. The molecule has 4 heteroatoms. The molecule has 0 aliphatic carbocycles. The SMILES string of the molecule is Fc1ccc(C(=CCCCNCCCCc2cccnc2)c2ccc(F)cc2)cc1. The van der Waals surface area contributed by atoms with Crippen molar-refractivity contribution in [2.45, 2.75) is 32.1 Å². The molecule has 156 valence electrons. The van der Waals surface area contributed by atoms with Crippen molar-refractivity contribution in [1.29, 1.82) is 0 Å². The first-order valence-electron chi connectivity index (χ1n) is 10.5. The van der Waals surface area contributed by atoms with Gasteiger partial charge in [0, 0.05) is 12.4 Å². The van der Waals surface area contributed by atoms with Gasteiger partial charge >= 0.3 is 0 Å². The average Bonchev–Trinajstić information content (AvgIpc) is 2.78. The highest BCUT2D eigenvalue weighted by Crippen LogP contribution is 2.25. The van der Waals surface area contributed by atoms with Crippen LogP contribution in [-0.4, -0.2) is 18.1 Å². The van der Waals surface area contributed by atoms with E-state index in [1.165, 1.54) is 29.8 Å². The third-order valence-corrected chi connectivity index (χ3v) is 5.01. The van der Waals surface area contributed by atoms with Crippen LogP contribution in [0, 0.1) is 11.6 Å². The molecule has 0 fully saturated rings. The van der Waals surface area contributed by atoms with E-state index in [0.29, 0.717) is 0 Å². The van der Waals surface area contributed by atoms with Crippen LogP contribution in [0.1, 0.15) is 42.4 Å². The first-order valence-corrected chi connectivity index (χ1v) is 10.5. The van der Waals surface area contributed by atoms with E-state index >= 15 is 0 Å². The zero-order valence-corrected chi connectivity index (χ0v) is 17.2. The van der Waals surface area contributed by atoms with Gasteiger partial charge in [0.05, 0.1) is 0 Å². The van der Waals surface area contributed by atoms with E-state index in [-0.39, 0.29) is 11.6 Å². The summed E-state index contributed by atoms with van der Waals surface area (Å²) < 4.78 is 26.6. The molecule has 0 spiro atoms. The van der Waals surface area contributed by atoms with Crippen LogP contribution in [0.2, 0.25) is 0 Å². The summed E-state index contributed by atoms with van der Waals surface area (Å²) in [7, 11) is 0. The fourth-order valence-corrected chi connectivity index (χ4v) is 3.38. The first kappa shape index (κ1) is 21.8. The number of aromatic nitrogens is 1. The van der Waals surface area contributed by atoms with Gasteiger partial charge in [-0.25, -0.2) is 8.78 Å². The highest BCUT2D eigenvalue weighted by Gasteiger charge is 2.06. The number of unbranched alkanes of at least 4 members (excludes halogenated alkanes) is 2. The molecular formula is C26H28F2N2. The Morgan fingerprint density at radius 2 is 1.43 bits per heavy atom. The molecule has 0 atom stereocenters. The zero-order chi connectivity index (χ0) is 21.0. The van der Waals surface area contributed by atoms with Gasteiger partial charge < -0.3 is 5.32 Å². The molecule has 0 aliphatic rings. The predicted molar refractivity (Wildman–Crippen MR) is 119 cm³/mol. The van der Waals surface area contributed by atoms with Gasteiger partial charge in [-0.2, -0.15) is 0 Å². The van der Waals surface area contributed by atoms with Crippen molar-refractivity contribution >= 4 is 5.57 Å². The largest absolute Gasteiger partial charge is 0.317 e. The topological polar surface area (TPSA) is 24.9 Å². The second-order valence-corrected chi connectivity index (χ2v) is 7.34. The van der Waals surface area contributed by atoms with Crippen LogP contribution >= 0.6 is 0 Å². The Bertz CT molecular complexity index is 857. The lowest BCUT2D eigenvalue weighted by molar-refractivity contribution is 0.606. The van der Waals surface area contributed by atoms with Crippen LogP contribution in [0.5, 0.6) is 0 Å². The smallest absolute Gasteiger partial charge is 0.123 e. The van der Waals surface area contributed by atoms with E-state index in [9.17, 15) is 8.78 Å². The molecule has 2 aromatic carbocycles. The Morgan fingerprint density at radius 3 is 2.03 bits per heavy atom. The number of rotatable bonds is 11. The molecule has 0 aliphatic heterocycles. The van der Waals surface area contributed by atoms with Gasteiger partial charge in [-0.3, -0.25) is 4.98 Å². The summed E-state index contributed by atoms with van der Waals surface area (Å²) in [5, 5.41) is 3.50. The fourth-order valence-electron chi connectivity index (χ4n) is 3.38. The Labute approximate surface area is 177 Å². The maximum atomic E-state index is 13.3. The second kappa shape index (κ2) is 12.0. The number of pyridine rings is 1. The van der Waals surface area contributed by atoms with Gasteiger partial charge in [0.25, 0.3) is 0 Å². The van der Waals surface area contributed by atoms with Gasteiger partial charge in [0.15, 0.2) is 0 Å². The molecule has 0 radical (unpaired) electrons. The number of nitrogens with one attached hydrogen (secondary N) is 1. The van der Waals surface area contributed by atoms with Gasteiger partial charge in [-0.1, -0.05) is 36.4 Å². The lowest BCUT2D eigenvalue weighted by Gasteiger charge is -2.10. The van der Waals surface area contributed by atoms with E-state index in [4.69, 9.17) is 0 Å². The third-order valence-electron chi connectivity index (χ3n) is 5.01. The van der Waals surface area contributed by atoms with Gasteiger partial charge in [-0.15, -0.1) is 0 Å². The Morgan fingerprint density at radius 1 is 0.800 bits per heavy atom. The number of nitrogens with zero attached hydrogens (tertiary/aromatic N) is 1. The normalized spacial score (nSPS) is 10.7. The first-order chi connectivity index (χ1) is 14.7. The number of hydrogen-bond acceptors (Lipinski definition) is 2. The number of allylic oxidation sites excluding steroid dienone is 1. The molecule has 1 heterocycles. The van der Waals surface area contributed by atoms with E-state index in [0.717, 1.165) is 61.9 Å². The van der Waals surface area contributed by atoms with Crippen molar-refractivity contribution in [2.24, 2.45) is 0 Å². The molecule has 3 rings (SSSR count). The van der Waals surface area contributed by atoms with Crippen LogP contribution in [0.4, 0.5) is 8.78 Å². The Balaban J connectivity index is 1.44. The van der Waals surface area contributed by atoms with Crippen LogP contribution in [0.25, 0.3) is 5.57 Å². The van der Waals surface area contributed by atoms with Gasteiger partial charge in [0.2, 0.25) is 0 Å². The van der Waals surface area contributed by atoms with E-state index in [1.807, 2.05) is 12.3 Å². The Kier molecular flexibility index (Phi) is 8.73. The zero-order valence-electron chi connectivity index (χ0n) is 17.2. The maximum absolute atomic E-state index is 13.3. The van der Waals surface area contributed by atoms with E-state index in [1.54, 1.807) is 30.5 Å². The van der Waals surface area contributed by atoms with Crippen LogP contribution in [0.15, 0.2) is 79.1 Å². The molecule has 2 nitrogen and oxygen atoms in total. The maximum Gasteiger partial charge on any atom is 0.123 e. The van der Waals surface area contributed by atoms with Crippen molar-refractivity contribution in [3.8, 4) is 0 Å². The third kappa shape index (κ3) is 7.20. The molecule has 1 aromatic heterocycles. The standard InChI is InChI=1S/C26H28F2N2/c27-24-13-9-22(10-14-24)26(23-11-15-25(28)16-12-23)8-2-4-18-29-17-3-1-6-21-7-5-19-30-20-21/h5,7-16,19-20,29H,1-4,6,17-18H2. The molecule has 1 N–H and O–H groups in total. The molecular weight excluding hydrogens is 378 g/mol. The highest BCUT2D eigenvalue weighted by atomic mass is 19.1. The number of halogens is 2. The van der Waals surface area contributed by atoms with Crippen LogP contribution < -0.4 is 5.32 Å². The summed E-state index contributed by atoms with van der Waals surface area (Å²) in [6, 6.07) is 17.0. The summed E-state index contributed by atoms with van der Waals surface area (Å²) in [5.74, 6) is -0.519. The summed E-state index contributed by atoms with van der Waals surface area (Å²) in [6.07, 6.45) is 11.2. The van der Waals surface area contributed by atoms with Crippen molar-refractivity contribution in [2.75, 3.05) is 13.1 Å². The van der Waals surface area contributed by atoms with Crippen LogP contribution in [0.3, 0.4) is 0 Å². The molecule has 0 saturated carbocycles. The van der Waals surface area contributed by atoms with E-state index in [2.05, 4.69) is 22.4 Å². The Hall–Kier alpha value is -2.85. The van der Waals surface area contributed by atoms with Crippen molar-refractivity contribution in [3.63, 3.8) is 0 Å². The van der Waals surface area contributed by atoms with Crippen LogP contribution in [-0.2, 0) is 6.42 Å². The highest BCUT2D eigenvalue weighted by molar-refractivity contribution is 5.79. The van der Waals surface area contributed by atoms with Crippen molar-refractivity contribution in [1.82, 2.24) is 10.3 Å². The number of benzene rings is 2. The molecule has 0 bridgehead atoms. The van der Waals surface area contributed by atoms with Crippen molar-refractivity contribution in [3.05, 3.63) is 107 Å².